The number of rotatable bonds is 7. The number of nitrogens with zero attached hydrogens (tertiary/aromatic N) is 1. The zero-order valence-electron chi connectivity index (χ0n) is 16.7. The smallest absolute Gasteiger partial charge is 0.122 e. The summed E-state index contributed by atoms with van der Waals surface area (Å²) in [5, 5.41) is 18.3. The average Bonchev–Trinajstić information content (AvgIpc) is 3.17. The fraction of sp³-hybridized carbons (Fsp3) is 0.320. The number of aryl methyl sites for hydroxylation is 1. The van der Waals surface area contributed by atoms with Gasteiger partial charge in [-0.3, -0.25) is 0 Å². The third-order valence-electron chi connectivity index (χ3n) is 5.63. The Balaban J connectivity index is 1.74. The highest BCUT2D eigenvalue weighted by Gasteiger charge is 2.17. The Morgan fingerprint density at radius 1 is 1.11 bits per heavy atom. The summed E-state index contributed by atoms with van der Waals surface area (Å²) in [6, 6.07) is 14.1. The van der Waals surface area contributed by atoms with Crippen LogP contribution in [0.2, 0.25) is 0 Å². The number of allylic oxidation sites excluding steroid dienone is 2. The predicted octanol–water partition coefficient (Wildman–Crippen LogP) is 6.20. The Morgan fingerprint density at radius 2 is 1.86 bits per heavy atom. The zero-order valence-corrected chi connectivity index (χ0v) is 16.7. The summed E-state index contributed by atoms with van der Waals surface area (Å²) in [6.07, 6.45) is 4.64. The molecule has 0 heterocycles. The number of aliphatic hydroxyl groups excluding tert-OH is 1. The highest BCUT2D eigenvalue weighted by molar-refractivity contribution is 5.71. The molecule has 2 aromatic rings. The van der Waals surface area contributed by atoms with E-state index in [1.807, 2.05) is 30.3 Å². The minimum absolute atomic E-state index is 0.223. The topological polar surface area (TPSA) is 53.2 Å². The number of aliphatic hydroxyl groups is 1. The molecule has 0 atom stereocenters. The van der Waals surface area contributed by atoms with Crippen molar-refractivity contribution in [1.82, 2.24) is 0 Å². The van der Waals surface area contributed by atoms with Gasteiger partial charge in [-0.25, -0.2) is 0 Å². The molecular weight excluding hydrogens is 346 g/mol. The number of benzene rings is 2. The van der Waals surface area contributed by atoms with Gasteiger partial charge in [0.05, 0.1) is 17.4 Å². The minimum atomic E-state index is 0.223. The molecule has 0 spiro atoms. The molecule has 0 bridgehead atoms. The maximum atomic E-state index is 9.34. The third kappa shape index (κ3) is 4.46. The highest BCUT2D eigenvalue weighted by Crippen LogP contribution is 2.35. The van der Waals surface area contributed by atoms with Gasteiger partial charge < -0.3 is 9.84 Å². The maximum absolute atomic E-state index is 9.34. The molecule has 1 aliphatic rings. The van der Waals surface area contributed by atoms with E-state index in [2.05, 4.69) is 32.6 Å². The molecule has 28 heavy (non-hydrogen) atoms. The molecule has 144 valence electrons. The van der Waals surface area contributed by atoms with Gasteiger partial charge in [0, 0.05) is 6.42 Å². The van der Waals surface area contributed by atoms with Gasteiger partial charge in [0.1, 0.15) is 12.4 Å². The quantitative estimate of drug-likeness (QED) is 0.588. The molecule has 0 radical (unpaired) electrons. The van der Waals surface area contributed by atoms with Crippen molar-refractivity contribution in [2.45, 2.75) is 46.0 Å². The molecule has 0 fully saturated rings. The van der Waals surface area contributed by atoms with Crippen molar-refractivity contribution >= 4 is 5.57 Å². The molecule has 0 saturated carbocycles. The monoisotopic (exact) mass is 373 g/mol. The van der Waals surface area contributed by atoms with Gasteiger partial charge in [0.2, 0.25) is 0 Å². The molecule has 0 unspecified atom stereocenters. The molecule has 2 aromatic carbocycles. The first-order chi connectivity index (χ1) is 13.5. The van der Waals surface area contributed by atoms with Crippen molar-refractivity contribution < 1.29 is 9.84 Å². The second-order valence-corrected chi connectivity index (χ2v) is 7.45. The minimum Gasteiger partial charge on any atom is -0.513 e. The van der Waals surface area contributed by atoms with Crippen LogP contribution in [0, 0.1) is 25.2 Å². The van der Waals surface area contributed by atoms with Crippen molar-refractivity contribution in [2.24, 2.45) is 0 Å². The zero-order chi connectivity index (χ0) is 20.1. The van der Waals surface area contributed by atoms with Crippen LogP contribution in [0.3, 0.4) is 0 Å². The van der Waals surface area contributed by atoms with Crippen LogP contribution in [-0.4, -0.2) is 11.7 Å². The normalized spacial score (nSPS) is 13.5. The SMILES string of the molecule is C=C(O)CCc1ccc(OCC2=C(c3ccc(C#N)cc3)CCC2)c(C)c1C. The molecule has 0 saturated heterocycles. The van der Waals surface area contributed by atoms with E-state index >= 15 is 0 Å². The van der Waals surface area contributed by atoms with E-state index in [0.29, 0.717) is 18.6 Å². The van der Waals surface area contributed by atoms with Gasteiger partial charge in [-0.1, -0.05) is 24.8 Å². The molecule has 3 heteroatoms. The van der Waals surface area contributed by atoms with Gasteiger partial charge >= 0.3 is 0 Å². The van der Waals surface area contributed by atoms with Crippen LogP contribution in [-0.2, 0) is 6.42 Å². The fourth-order valence-corrected chi connectivity index (χ4v) is 3.78. The number of hydrogen-bond acceptors (Lipinski definition) is 3. The summed E-state index contributed by atoms with van der Waals surface area (Å²) in [7, 11) is 0. The van der Waals surface area contributed by atoms with E-state index in [1.165, 1.54) is 27.8 Å². The summed E-state index contributed by atoms with van der Waals surface area (Å²) in [6.45, 7) is 8.36. The summed E-state index contributed by atoms with van der Waals surface area (Å²) in [4.78, 5) is 0. The van der Waals surface area contributed by atoms with Gasteiger partial charge in [-0.15, -0.1) is 0 Å². The van der Waals surface area contributed by atoms with Crippen LogP contribution < -0.4 is 4.74 Å². The van der Waals surface area contributed by atoms with Crippen molar-refractivity contribution in [3.05, 3.63) is 82.1 Å². The van der Waals surface area contributed by atoms with Crippen LogP contribution in [0.4, 0.5) is 0 Å². The lowest BCUT2D eigenvalue weighted by molar-refractivity contribution is 0.346. The summed E-state index contributed by atoms with van der Waals surface area (Å²) < 4.78 is 6.20. The van der Waals surface area contributed by atoms with Crippen molar-refractivity contribution in [2.75, 3.05) is 6.61 Å². The lowest BCUT2D eigenvalue weighted by Crippen LogP contribution is -2.04. The van der Waals surface area contributed by atoms with E-state index in [-0.39, 0.29) is 5.76 Å². The molecule has 3 nitrogen and oxygen atoms in total. The van der Waals surface area contributed by atoms with E-state index in [9.17, 15) is 5.11 Å². The molecule has 0 aromatic heterocycles. The second-order valence-electron chi connectivity index (χ2n) is 7.45. The first kappa shape index (κ1) is 19.8. The van der Waals surface area contributed by atoms with E-state index < -0.39 is 0 Å². The van der Waals surface area contributed by atoms with Crippen LogP contribution in [0.5, 0.6) is 5.75 Å². The number of hydrogen-bond donors (Lipinski definition) is 1. The lowest BCUT2D eigenvalue weighted by atomic mass is 9.98. The summed E-state index contributed by atoms with van der Waals surface area (Å²) in [5.41, 5.74) is 8.18. The highest BCUT2D eigenvalue weighted by atomic mass is 16.5. The van der Waals surface area contributed by atoms with Gasteiger partial charge in [0.25, 0.3) is 0 Å². The van der Waals surface area contributed by atoms with E-state index in [0.717, 1.165) is 37.0 Å². The first-order valence-electron chi connectivity index (χ1n) is 9.79. The predicted molar refractivity (Wildman–Crippen MR) is 113 cm³/mol. The number of nitriles is 1. The maximum Gasteiger partial charge on any atom is 0.122 e. The average molecular weight is 373 g/mol. The van der Waals surface area contributed by atoms with Crippen molar-refractivity contribution in [1.29, 1.82) is 5.26 Å². The van der Waals surface area contributed by atoms with Crippen LogP contribution in [0.15, 0.2) is 54.3 Å². The fourth-order valence-electron chi connectivity index (χ4n) is 3.78. The third-order valence-corrected chi connectivity index (χ3v) is 5.63. The molecular formula is C25H27NO2. The van der Waals surface area contributed by atoms with Gasteiger partial charge in [-0.05, 0) is 91.1 Å². The largest absolute Gasteiger partial charge is 0.513 e. The molecule has 1 aliphatic carbocycles. The van der Waals surface area contributed by atoms with E-state index in [1.54, 1.807) is 0 Å². The summed E-state index contributed by atoms with van der Waals surface area (Å²) >= 11 is 0. The Labute approximate surface area is 167 Å². The van der Waals surface area contributed by atoms with Gasteiger partial charge in [0.15, 0.2) is 0 Å². The first-order valence-corrected chi connectivity index (χ1v) is 9.79. The Hall–Kier alpha value is -2.99. The molecule has 1 N–H and O–H groups in total. The summed E-state index contributed by atoms with van der Waals surface area (Å²) in [5.74, 6) is 1.14. The molecule has 0 amide bonds. The van der Waals surface area contributed by atoms with Crippen molar-refractivity contribution in [3.8, 4) is 11.8 Å². The Kier molecular flexibility index (Phi) is 6.21. The molecule has 3 rings (SSSR count). The van der Waals surface area contributed by atoms with Crippen LogP contribution in [0.25, 0.3) is 5.57 Å². The lowest BCUT2D eigenvalue weighted by Gasteiger charge is -2.16. The second kappa shape index (κ2) is 8.80. The van der Waals surface area contributed by atoms with Gasteiger partial charge in [-0.2, -0.15) is 5.26 Å². The van der Waals surface area contributed by atoms with E-state index in [4.69, 9.17) is 10.00 Å². The van der Waals surface area contributed by atoms with Crippen LogP contribution in [0.1, 0.15) is 53.5 Å². The Bertz CT molecular complexity index is 946. The molecule has 0 aliphatic heterocycles. The van der Waals surface area contributed by atoms with Crippen molar-refractivity contribution in [3.63, 3.8) is 0 Å². The standard InChI is InChI=1S/C25H27NO2/c1-17(27)7-10-21-13-14-25(19(3)18(21)2)28-16-23-5-4-6-24(23)22-11-8-20(15-26)9-12-22/h8-9,11-14,27H,1,4-7,10,16H2,2-3H3. The van der Waals surface area contributed by atoms with Crippen LogP contribution >= 0.6 is 0 Å². The number of ether oxygens (including phenoxy) is 1. The Morgan fingerprint density at radius 3 is 2.54 bits per heavy atom.